The summed E-state index contributed by atoms with van der Waals surface area (Å²) >= 11 is 1.20. The van der Waals surface area contributed by atoms with Crippen molar-refractivity contribution in [1.82, 2.24) is 20.1 Å². The smallest absolute Gasteiger partial charge is 0.355 e. The van der Waals surface area contributed by atoms with Crippen molar-refractivity contribution < 1.29 is 14.7 Å². The van der Waals surface area contributed by atoms with E-state index in [-0.39, 0.29) is 24.7 Å². The van der Waals surface area contributed by atoms with Crippen molar-refractivity contribution in [3.63, 3.8) is 0 Å². The Morgan fingerprint density at radius 3 is 2.94 bits per heavy atom. The average Bonchev–Trinajstić information content (AvgIpc) is 2.96. The fourth-order valence-corrected chi connectivity index (χ4v) is 1.97. The zero-order valence-corrected chi connectivity index (χ0v) is 10.1. The second-order valence-electron chi connectivity index (χ2n) is 3.41. The second kappa shape index (κ2) is 5.41. The van der Waals surface area contributed by atoms with Gasteiger partial charge in [0.2, 0.25) is 5.91 Å². The van der Waals surface area contributed by atoms with Crippen LogP contribution < -0.4 is 5.32 Å². The summed E-state index contributed by atoms with van der Waals surface area (Å²) in [5, 5.41) is 17.2. The molecule has 2 heterocycles. The summed E-state index contributed by atoms with van der Waals surface area (Å²) in [7, 11) is 0. The van der Waals surface area contributed by atoms with Gasteiger partial charge in [-0.1, -0.05) is 0 Å². The third kappa shape index (κ3) is 3.14. The first-order valence-electron chi connectivity index (χ1n) is 5.07. The molecular formula is C10H10N4O3S. The zero-order chi connectivity index (χ0) is 13.0. The van der Waals surface area contributed by atoms with E-state index in [4.69, 9.17) is 5.11 Å². The maximum absolute atomic E-state index is 11.5. The quantitative estimate of drug-likeness (QED) is 0.814. The van der Waals surface area contributed by atoms with E-state index in [0.717, 1.165) is 0 Å². The van der Waals surface area contributed by atoms with Gasteiger partial charge in [-0.2, -0.15) is 5.10 Å². The van der Waals surface area contributed by atoms with Crippen LogP contribution in [0.5, 0.6) is 0 Å². The second-order valence-corrected chi connectivity index (χ2v) is 4.35. The fourth-order valence-electron chi connectivity index (χ4n) is 1.26. The molecule has 0 saturated heterocycles. The standard InChI is InChI=1S/C10H10N4O3S/c15-8(5-14-3-1-2-12-14)11-4-9-13-7(6-18-9)10(16)17/h1-3,6H,4-5H2,(H,11,15)(H,16,17). The molecule has 0 aliphatic heterocycles. The number of amides is 1. The molecule has 0 fully saturated rings. The molecule has 2 aromatic rings. The highest BCUT2D eigenvalue weighted by Gasteiger charge is 2.09. The summed E-state index contributed by atoms with van der Waals surface area (Å²) in [5.74, 6) is -1.27. The molecule has 2 rings (SSSR count). The van der Waals surface area contributed by atoms with Crippen LogP contribution in [0.15, 0.2) is 23.8 Å². The molecule has 0 aliphatic carbocycles. The number of rotatable bonds is 5. The molecule has 0 atom stereocenters. The summed E-state index contributed by atoms with van der Waals surface area (Å²) in [6.07, 6.45) is 3.28. The van der Waals surface area contributed by atoms with Crippen molar-refractivity contribution in [2.45, 2.75) is 13.1 Å². The van der Waals surface area contributed by atoms with Gasteiger partial charge in [-0.05, 0) is 6.07 Å². The minimum atomic E-state index is -1.07. The van der Waals surface area contributed by atoms with Gasteiger partial charge in [0.25, 0.3) is 0 Å². The Kier molecular flexibility index (Phi) is 3.68. The lowest BCUT2D eigenvalue weighted by molar-refractivity contribution is -0.122. The van der Waals surface area contributed by atoms with Crippen LogP contribution in [0.25, 0.3) is 0 Å². The van der Waals surface area contributed by atoms with Crippen molar-refractivity contribution >= 4 is 23.2 Å². The number of carbonyl (C=O) groups excluding carboxylic acids is 1. The lowest BCUT2D eigenvalue weighted by Gasteiger charge is -2.02. The Morgan fingerprint density at radius 2 is 2.33 bits per heavy atom. The highest BCUT2D eigenvalue weighted by atomic mass is 32.1. The Morgan fingerprint density at radius 1 is 1.50 bits per heavy atom. The predicted octanol–water partition coefficient (Wildman–Crippen LogP) is 0.354. The molecule has 94 valence electrons. The third-order valence-corrected chi connectivity index (χ3v) is 2.92. The first-order valence-corrected chi connectivity index (χ1v) is 5.95. The van der Waals surface area contributed by atoms with Gasteiger partial charge < -0.3 is 10.4 Å². The van der Waals surface area contributed by atoms with Crippen LogP contribution in [0, 0.1) is 0 Å². The molecule has 7 nitrogen and oxygen atoms in total. The average molecular weight is 266 g/mol. The molecule has 0 spiro atoms. The molecule has 18 heavy (non-hydrogen) atoms. The van der Waals surface area contributed by atoms with Gasteiger partial charge in [-0.15, -0.1) is 11.3 Å². The molecule has 0 aliphatic rings. The molecule has 1 amide bonds. The summed E-state index contributed by atoms with van der Waals surface area (Å²) in [5.41, 5.74) is -0.00340. The first kappa shape index (κ1) is 12.2. The number of nitrogens with zero attached hydrogens (tertiary/aromatic N) is 3. The van der Waals surface area contributed by atoms with Crippen LogP contribution in [0.1, 0.15) is 15.5 Å². The van der Waals surface area contributed by atoms with Crippen molar-refractivity contribution in [3.05, 3.63) is 34.5 Å². The lowest BCUT2D eigenvalue weighted by Crippen LogP contribution is -2.27. The molecule has 0 radical (unpaired) electrons. The van der Waals surface area contributed by atoms with Crippen LogP contribution in [0.4, 0.5) is 0 Å². The van der Waals surface area contributed by atoms with Crippen LogP contribution >= 0.6 is 11.3 Å². The number of carboxylic acid groups (broad SMARTS) is 1. The number of aromatic carboxylic acids is 1. The van der Waals surface area contributed by atoms with Crippen LogP contribution in [-0.2, 0) is 17.9 Å². The Hall–Kier alpha value is -2.22. The summed E-state index contributed by atoms with van der Waals surface area (Å²) < 4.78 is 1.50. The topological polar surface area (TPSA) is 97.1 Å². The van der Waals surface area contributed by atoms with E-state index in [1.165, 1.54) is 21.4 Å². The molecule has 0 saturated carbocycles. The molecule has 0 aromatic carbocycles. The van der Waals surface area contributed by atoms with Gasteiger partial charge in [0.15, 0.2) is 5.69 Å². The van der Waals surface area contributed by atoms with E-state index in [9.17, 15) is 9.59 Å². The number of carboxylic acids is 1. The fraction of sp³-hybridized carbons (Fsp3) is 0.200. The number of hydrogen-bond acceptors (Lipinski definition) is 5. The van der Waals surface area contributed by atoms with Gasteiger partial charge in [0.1, 0.15) is 11.6 Å². The van der Waals surface area contributed by atoms with E-state index in [2.05, 4.69) is 15.4 Å². The van der Waals surface area contributed by atoms with Gasteiger partial charge in [-0.3, -0.25) is 9.48 Å². The van der Waals surface area contributed by atoms with Gasteiger partial charge in [0.05, 0.1) is 6.54 Å². The molecule has 0 unspecified atom stereocenters. The van der Waals surface area contributed by atoms with E-state index in [1.54, 1.807) is 18.5 Å². The van der Waals surface area contributed by atoms with Crippen LogP contribution in [0.2, 0.25) is 0 Å². The van der Waals surface area contributed by atoms with E-state index < -0.39 is 5.97 Å². The molecule has 8 heteroatoms. The van der Waals surface area contributed by atoms with Gasteiger partial charge in [0, 0.05) is 17.8 Å². The normalized spacial score (nSPS) is 10.2. The van der Waals surface area contributed by atoms with Gasteiger partial charge >= 0.3 is 5.97 Å². The number of aromatic nitrogens is 3. The number of nitrogens with one attached hydrogen (secondary N) is 1. The number of carbonyl (C=O) groups is 2. The van der Waals surface area contributed by atoms with Gasteiger partial charge in [-0.25, -0.2) is 9.78 Å². The zero-order valence-electron chi connectivity index (χ0n) is 9.24. The summed E-state index contributed by atoms with van der Waals surface area (Å²) in [4.78, 5) is 26.0. The Labute approximate surface area is 106 Å². The summed E-state index contributed by atoms with van der Waals surface area (Å²) in [6, 6.07) is 1.73. The maximum atomic E-state index is 11.5. The van der Waals surface area contributed by atoms with Crippen LogP contribution in [0.3, 0.4) is 0 Å². The highest BCUT2D eigenvalue weighted by Crippen LogP contribution is 2.09. The Balaban J connectivity index is 1.83. The SMILES string of the molecule is O=C(Cn1cccn1)NCc1nc(C(=O)O)cs1. The first-order chi connectivity index (χ1) is 8.65. The molecular weight excluding hydrogens is 256 g/mol. The Bertz CT molecular complexity index is 549. The van der Waals surface area contributed by atoms with Crippen molar-refractivity contribution in [2.75, 3.05) is 0 Å². The van der Waals surface area contributed by atoms with Crippen molar-refractivity contribution in [2.24, 2.45) is 0 Å². The maximum Gasteiger partial charge on any atom is 0.355 e. The van der Waals surface area contributed by atoms with E-state index in [1.807, 2.05) is 0 Å². The molecule has 0 bridgehead atoms. The van der Waals surface area contributed by atoms with Crippen molar-refractivity contribution in [3.8, 4) is 0 Å². The number of hydrogen-bond donors (Lipinski definition) is 2. The van der Waals surface area contributed by atoms with E-state index in [0.29, 0.717) is 5.01 Å². The van der Waals surface area contributed by atoms with Crippen LogP contribution in [-0.4, -0.2) is 31.7 Å². The lowest BCUT2D eigenvalue weighted by atomic mass is 10.5. The largest absolute Gasteiger partial charge is 0.476 e. The predicted molar refractivity (Wildman–Crippen MR) is 63.1 cm³/mol. The third-order valence-electron chi connectivity index (χ3n) is 2.07. The monoisotopic (exact) mass is 266 g/mol. The highest BCUT2D eigenvalue weighted by molar-refractivity contribution is 7.09. The minimum absolute atomic E-state index is 0.00340. The summed E-state index contributed by atoms with van der Waals surface area (Å²) in [6.45, 7) is 0.349. The molecule has 2 aromatic heterocycles. The van der Waals surface area contributed by atoms with E-state index >= 15 is 0 Å². The molecule has 2 N–H and O–H groups in total. The van der Waals surface area contributed by atoms with Crippen molar-refractivity contribution in [1.29, 1.82) is 0 Å². The number of thiazole rings is 1. The minimum Gasteiger partial charge on any atom is -0.476 e.